The quantitative estimate of drug-likeness (QED) is 0.574. The molecule has 0 radical (unpaired) electrons. The standard InChI is InChI=1S/C10H7NO3S/c1-14-10(13)8-4-6(5-12)9-7(11-8)2-3-15-9/h2-5H,1H3. The molecule has 0 amide bonds. The van der Waals surface area contributed by atoms with E-state index >= 15 is 0 Å². The minimum atomic E-state index is -0.536. The van der Waals surface area contributed by atoms with Gasteiger partial charge < -0.3 is 4.74 Å². The molecule has 5 heteroatoms. The number of aldehydes is 1. The predicted molar refractivity (Wildman–Crippen MR) is 56.3 cm³/mol. The van der Waals surface area contributed by atoms with Gasteiger partial charge in [0.1, 0.15) is 5.69 Å². The Bertz CT molecular complexity index is 532. The number of fused-ring (bicyclic) bond motifs is 1. The number of thiophene rings is 1. The van der Waals surface area contributed by atoms with Crippen LogP contribution in [0.5, 0.6) is 0 Å². The smallest absolute Gasteiger partial charge is 0.356 e. The number of esters is 1. The number of pyridine rings is 1. The van der Waals surface area contributed by atoms with Crippen LogP contribution < -0.4 is 0 Å². The number of aromatic nitrogens is 1. The number of hydrogen-bond acceptors (Lipinski definition) is 5. The fourth-order valence-corrected chi connectivity index (χ4v) is 2.09. The predicted octanol–water partition coefficient (Wildman–Crippen LogP) is 1.90. The van der Waals surface area contributed by atoms with Crippen molar-refractivity contribution in [3.8, 4) is 0 Å². The van der Waals surface area contributed by atoms with Crippen molar-refractivity contribution in [2.45, 2.75) is 0 Å². The van der Waals surface area contributed by atoms with Crippen molar-refractivity contribution in [2.75, 3.05) is 7.11 Å². The van der Waals surface area contributed by atoms with Crippen LogP contribution in [0.25, 0.3) is 10.2 Å². The lowest BCUT2D eigenvalue weighted by atomic mass is 10.2. The molecular formula is C10H7NO3S. The van der Waals surface area contributed by atoms with Crippen molar-refractivity contribution < 1.29 is 14.3 Å². The van der Waals surface area contributed by atoms with Crippen molar-refractivity contribution in [1.82, 2.24) is 4.98 Å². The Balaban J connectivity index is 2.68. The molecule has 0 aliphatic heterocycles. The average molecular weight is 221 g/mol. The highest BCUT2D eigenvalue weighted by Gasteiger charge is 2.12. The number of carbonyl (C=O) groups is 2. The fraction of sp³-hybridized carbons (Fsp3) is 0.100. The number of methoxy groups -OCH3 is 1. The van der Waals surface area contributed by atoms with Crippen molar-refractivity contribution in [2.24, 2.45) is 0 Å². The first-order valence-electron chi connectivity index (χ1n) is 4.18. The summed E-state index contributed by atoms with van der Waals surface area (Å²) < 4.78 is 5.34. The van der Waals surface area contributed by atoms with Crippen LogP contribution in [0.15, 0.2) is 17.5 Å². The number of hydrogen-bond donors (Lipinski definition) is 0. The topological polar surface area (TPSA) is 56.3 Å². The second-order valence-corrected chi connectivity index (χ2v) is 3.76. The Morgan fingerprint density at radius 2 is 2.40 bits per heavy atom. The highest BCUT2D eigenvalue weighted by Crippen LogP contribution is 2.23. The largest absolute Gasteiger partial charge is 0.464 e. The summed E-state index contributed by atoms with van der Waals surface area (Å²) in [6.45, 7) is 0. The van der Waals surface area contributed by atoms with Crippen molar-refractivity contribution in [1.29, 1.82) is 0 Å². The summed E-state index contributed by atoms with van der Waals surface area (Å²) in [7, 11) is 1.28. The third-order valence-electron chi connectivity index (χ3n) is 1.96. The first-order chi connectivity index (χ1) is 7.26. The van der Waals surface area contributed by atoms with Gasteiger partial charge >= 0.3 is 5.97 Å². The van der Waals surface area contributed by atoms with Gasteiger partial charge in [-0.05, 0) is 17.5 Å². The van der Waals surface area contributed by atoms with E-state index < -0.39 is 5.97 Å². The summed E-state index contributed by atoms with van der Waals surface area (Å²) in [6, 6.07) is 3.21. The van der Waals surface area contributed by atoms with Gasteiger partial charge in [-0.15, -0.1) is 11.3 Å². The summed E-state index contributed by atoms with van der Waals surface area (Å²) in [5, 5.41) is 1.83. The molecule has 0 atom stereocenters. The van der Waals surface area contributed by atoms with Crippen LogP contribution in [0.1, 0.15) is 20.8 Å². The van der Waals surface area contributed by atoms with Crippen LogP contribution >= 0.6 is 11.3 Å². The Labute approximate surface area is 89.5 Å². The molecule has 4 nitrogen and oxygen atoms in total. The third-order valence-corrected chi connectivity index (χ3v) is 2.91. The van der Waals surface area contributed by atoms with E-state index in [2.05, 4.69) is 9.72 Å². The van der Waals surface area contributed by atoms with Crippen LogP contribution in [-0.2, 0) is 4.74 Å². The lowest BCUT2D eigenvalue weighted by molar-refractivity contribution is 0.0594. The summed E-state index contributed by atoms with van der Waals surface area (Å²) in [4.78, 5) is 26.1. The van der Waals surface area contributed by atoms with Gasteiger partial charge in [0.2, 0.25) is 0 Å². The molecule has 0 aliphatic carbocycles. The number of nitrogens with zero attached hydrogens (tertiary/aromatic N) is 1. The molecule has 0 bridgehead atoms. The second kappa shape index (κ2) is 3.78. The van der Waals surface area contributed by atoms with E-state index in [4.69, 9.17) is 0 Å². The fourth-order valence-electron chi connectivity index (χ4n) is 1.28. The molecule has 0 saturated heterocycles. The third kappa shape index (κ3) is 1.61. The molecule has 0 aromatic carbocycles. The molecule has 2 heterocycles. The zero-order valence-electron chi connectivity index (χ0n) is 7.89. The van der Waals surface area contributed by atoms with Crippen molar-refractivity contribution in [3.63, 3.8) is 0 Å². The van der Waals surface area contributed by atoms with Crippen LogP contribution in [-0.4, -0.2) is 24.3 Å². The van der Waals surface area contributed by atoms with Crippen LogP contribution in [0.4, 0.5) is 0 Å². The van der Waals surface area contributed by atoms with Gasteiger partial charge in [0.25, 0.3) is 0 Å². The first kappa shape index (κ1) is 9.79. The van der Waals surface area contributed by atoms with Crippen LogP contribution in [0, 0.1) is 0 Å². The highest BCUT2D eigenvalue weighted by atomic mass is 32.1. The van der Waals surface area contributed by atoms with Crippen molar-refractivity contribution >= 4 is 33.8 Å². The van der Waals surface area contributed by atoms with E-state index in [1.807, 2.05) is 5.38 Å². The van der Waals surface area contributed by atoms with E-state index in [9.17, 15) is 9.59 Å². The maximum absolute atomic E-state index is 11.2. The first-order valence-corrected chi connectivity index (χ1v) is 5.06. The van der Waals surface area contributed by atoms with Gasteiger partial charge in [-0.3, -0.25) is 4.79 Å². The molecular weight excluding hydrogens is 214 g/mol. The lowest BCUT2D eigenvalue weighted by Gasteiger charge is -2.00. The highest BCUT2D eigenvalue weighted by molar-refractivity contribution is 7.17. The van der Waals surface area contributed by atoms with E-state index in [1.54, 1.807) is 6.07 Å². The number of rotatable bonds is 2. The molecule has 0 fully saturated rings. The molecule has 0 saturated carbocycles. The summed E-state index contributed by atoms with van der Waals surface area (Å²) in [6.07, 6.45) is 0.715. The van der Waals surface area contributed by atoms with Crippen LogP contribution in [0.3, 0.4) is 0 Å². The minimum Gasteiger partial charge on any atom is -0.464 e. The average Bonchev–Trinajstić information content (AvgIpc) is 2.74. The maximum atomic E-state index is 11.2. The normalized spacial score (nSPS) is 10.2. The monoisotopic (exact) mass is 221 g/mol. The van der Waals surface area contributed by atoms with E-state index in [0.29, 0.717) is 17.4 Å². The molecule has 2 aromatic rings. The van der Waals surface area contributed by atoms with Crippen LogP contribution in [0.2, 0.25) is 0 Å². The molecule has 0 unspecified atom stereocenters. The summed E-state index contributed by atoms with van der Waals surface area (Å²) >= 11 is 1.42. The van der Waals surface area contributed by atoms with Crippen molar-refractivity contribution in [3.05, 3.63) is 28.8 Å². The minimum absolute atomic E-state index is 0.158. The molecule has 2 rings (SSSR count). The number of carbonyl (C=O) groups excluding carboxylic acids is 2. The molecule has 76 valence electrons. The lowest BCUT2D eigenvalue weighted by Crippen LogP contribution is -2.04. The summed E-state index contributed by atoms with van der Waals surface area (Å²) in [5.74, 6) is -0.536. The summed E-state index contributed by atoms with van der Waals surface area (Å²) in [5.41, 5.74) is 1.27. The maximum Gasteiger partial charge on any atom is 0.356 e. The Morgan fingerprint density at radius 3 is 3.07 bits per heavy atom. The molecule has 0 spiro atoms. The Morgan fingerprint density at radius 1 is 1.60 bits per heavy atom. The molecule has 15 heavy (non-hydrogen) atoms. The molecule has 0 aliphatic rings. The van der Waals surface area contributed by atoms with Gasteiger partial charge in [-0.2, -0.15) is 0 Å². The zero-order valence-corrected chi connectivity index (χ0v) is 8.71. The van der Waals surface area contributed by atoms with Gasteiger partial charge in [-0.25, -0.2) is 9.78 Å². The Hall–Kier alpha value is -1.75. The van der Waals surface area contributed by atoms with Gasteiger partial charge in [0.15, 0.2) is 6.29 Å². The SMILES string of the molecule is COC(=O)c1cc(C=O)c2sccc2n1. The second-order valence-electron chi connectivity index (χ2n) is 2.84. The Kier molecular flexibility index (Phi) is 2.47. The number of ether oxygens (including phenoxy) is 1. The van der Waals surface area contributed by atoms with Gasteiger partial charge in [-0.1, -0.05) is 0 Å². The molecule has 2 aromatic heterocycles. The van der Waals surface area contributed by atoms with Gasteiger partial charge in [0.05, 0.1) is 17.3 Å². The van der Waals surface area contributed by atoms with E-state index in [0.717, 1.165) is 4.70 Å². The van der Waals surface area contributed by atoms with Gasteiger partial charge in [0, 0.05) is 5.56 Å². The van der Waals surface area contributed by atoms with E-state index in [-0.39, 0.29) is 5.69 Å². The molecule has 0 N–H and O–H groups in total. The zero-order chi connectivity index (χ0) is 10.8. The van der Waals surface area contributed by atoms with E-state index in [1.165, 1.54) is 24.5 Å².